The average molecular weight is 244 g/mol. The summed E-state index contributed by atoms with van der Waals surface area (Å²) in [5.41, 5.74) is 2.95. The van der Waals surface area contributed by atoms with Crippen LogP contribution < -0.4 is 0 Å². The maximum Gasteiger partial charge on any atom is 0.116 e. The van der Waals surface area contributed by atoms with Crippen LogP contribution in [0.4, 0.5) is 0 Å². The molecule has 2 aromatic rings. The third kappa shape index (κ3) is 1.58. The minimum absolute atomic E-state index is 0.248. The minimum Gasteiger partial charge on any atom is -0.508 e. The van der Waals surface area contributed by atoms with Crippen molar-refractivity contribution in [2.45, 2.75) is 23.1 Å². The molecule has 0 fully saturated rings. The van der Waals surface area contributed by atoms with Gasteiger partial charge in [0.1, 0.15) is 5.75 Å². The Balaban J connectivity index is 2.27. The van der Waals surface area contributed by atoms with E-state index in [2.05, 4.69) is 0 Å². The molecule has 0 spiro atoms. The van der Waals surface area contributed by atoms with Crippen LogP contribution in [0, 0.1) is 6.92 Å². The highest BCUT2D eigenvalue weighted by molar-refractivity contribution is 7.85. The number of aromatic hydroxyl groups is 1. The van der Waals surface area contributed by atoms with E-state index in [1.165, 1.54) is 0 Å². The van der Waals surface area contributed by atoms with Crippen LogP contribution in [0.5, 0.6) is 5.75 Å². The molecule has 2 aromatic carbocycles. The predicted octanol–water partition coefficient (Wildman–Crippen LogP) is 2.77. The van der Waals surface area contributed by atoms with E-state index in [0.29, 0.717) is 0 Å². The van der Waals surface area contributed by atoms with Gasteiger partial charge in [0.05, 0.1) is 15.7 Å². The molecule has 1 unspecified atom stereocenters. The van der Waals surface area contributed by atoms with Crippen molar-refractivity contribution in [2.24, 2.45) is 0 Å². The molecule has 3 rings (SSSR count). The number of hydrogen-bond acceptors (Lipinski definition) is 2. The smallest absolute Gasteiger partial charge is 0.116 e. The van der Waals surface area contributed by atoms with Crippen LogP contribution in [0.15, 0.2) is 46.2 Å². The van der Waals surface area contributed by atoms with Crippen molar-refractivity contribution >= 4 is 10.8 Å². The third-order valence-electron chi connectivity index (χ3n) is 3.07. The largest absolute Gasteiger partial charge is 0.508 e. The Morgan fingerprint density at radius 1 is 1.18 bits per heavy atom. The molecule has 0 bridgehead atoms. The standard InChI is InChI=1S/C14H12O2S/c1-9-6-12(15)8-11-7-10-4-2-3-5-13(10)17(16)14(9)11/h2-6,8,15H,7H2,1H3. The van der Waals surface area contributed by atoms with Crippen LogP contribution in [-0.4, -0.2) is 9.32 Å². The van der Waals surface area contributed by atoms with Gasteiger partial charge in [0.25, 0.3) is 0 Å². The van der Waals surface area contributed by atoms with Crippen LogP contribution in [0.2, 0.25) is 0 Å². The van der Waals surface area contributed by atoms with Gasteiger partial charge < -0.3 is 5.11 Å². The number of rotatable bonds is 0. The van der Waals surface area contributed by atoms with E-state index in [-0.39, 0.29) is 5.75 Å². The normalized spacial score (nSPS) is 17.4. The van der Waals surface area contributed by atoms with Gasteiger partial charge in [0.15, 0.2) is 0 Å². The fraction of sp³-hybridized carbons (Fsp3) is 0.143. The first-order chi connectivity index (χ1) is 8.16. The highest BCUT2D eigenvalue weighted by atomic mass is 32.2. The third-order valence-corrected chi connectivity index (χ3v) is 4.83. The lowest BCUT2D eigenvalue weighted by Gasteiger charge is -2.20. The highest BCUT2D eigenvalue weighted by Crippen LogP contribution is 2.35. The Morgan fingerprint density at radius 3 is 2.76 bits per heavy atom. The summed E-state index contributed by atoms with van der Waals surface area (Å²) in [7, 11) is -1.12. The summed E-state index contributed by atoms with van der Waals surface area (Å²) in [5, 5.41) is 9.60. The molecular weight excluding hydrogens is 232 g/mol. The highest BCUT2D eigenvalue weighted by Gasteiger charge is 2.23. The van der Waals surface area contributed by atoms with Crippen LogP contribution >= 0.6 is 0 Å². The first-order valence-corrected chi connectivity index (χ1v) is 6.64. The van der Waals surface area contributed by atoms with Crippen molar-refractivity contribution in [1.82, 2.24) is 0 Å². The summed E-state index contributed by atoms with van der Waals surface area (Å²) < 4.78 is 12.5. The molecule has 1 aliphatic rings. The number of hydrogen-bond donors (Lipinski definition) is 1. The van der Waals surface area contributed by atoms with Crippen LogP contribution in [0.25, 0.3) is 0 Å². The lowest BCUT2D eigenvalue weighted by Crippen LogP contribution is -2.10. The molecule has 1 N–H and O–H groups in total. The zero-order valence-corrected chi connectivity index (χ0v) is 10.3. The van der Waals surface area contributed by atoms with Crippen LogP contribution in [0.3, 0.4) is 0 Å². The summed E-state index contributed by atoms with van der Waals surface area (Å²) in [5.74, 6) is 0.248. The summed E-state index contributed by atoms with van der Waals surface area (Å²) >= 11 is 0. The van der Waals surface area contributed by atoms with Crippen molar-refractivity contribution in [1.29, 1.82) is 0 Å². The molecule has 0 amide bonds. The zero-order chi connectivity index (χ0) is 12.0. The van der Waals surface area contributed by atoms with Crippen molar-refractivity contribution in [3.05, 3.63) is 53.1 Å². The van der Waals surface area contributed by atoms with Gasteiger partial charge in [-0.1, -0.05) is 18.2 Å². The van der Waals surface area contributed by atoms with E-state index >= 15 is 0 Å². The topological polar surface area (TPSA) is 37.3 Å². The predicted molar refractivity (Wildman–Crippen MR) is 66.8 cm³/mol. The monoisotopic (exact) mass is 244 g/mol. The molecule has 3 heteroatoms. The number of phenols is 1. The summed E-state index contributed by atoms with van der Waals surface area (Å²) in [6, 6.07) is 11.2. The van der Waals surface area contributed by atoms with E-state index in [1.54, 1.807) is 12.1 Å². The second kappa shape index (κ2) is 3.70. The van der Waals surface area contributed by atoms with Crippen LogP contribution in [-0.2, 0) is 17.2 Å². The molecule has 17 heavy (non-hydrogen) atoms. The molecular formula is C14H12O2S. The molecule has 1 atom stereocenters. The lowest BCUT2D eigenvalue weighted by atomic mass is 10.0. The fourth-order valence-corrected chi connectivity index (χ4v) is 3.89. The maximum absolute atomic E-state index is 12.5. The van der Waals surface area contributed by atoms with Crippen LogP contribution in [0.1, 0.15) is 16.7 Å². The van der Waals surface area contributed by atoms with Crippen molar-refractivity contribution in [2.75, 3.05) is 0 Å². The van der Waals surface area contributed by atoms with Gasteiger partial charge in [0, 0.05) is 11.3 Å². The molecule has 0 aromatic heterocycles. The van der Waals surface area contributed by atoms with Gasteiger partial charge in [-0.05, 0) is 41.8 Å². The van der Waals surface area contributed by atoms with Gasteiger partial charge in [-0.3, -0.25) is 0 Å². The summed E-state index contributed by atoms with van der Waals surface area (Å²) in [6.45, 7) is 1.89. The molecule has 0 radical (unpaired) electrons. The average Bonchev–Trinajstić information content (AvgIpc) is 2.28. The number of phenolic OH excluding ortho intramolecular Hbond substituents is 1. The Kier molecular flexibility index (Phi) is 2.30. The Bertz CT molecular complexity index is 632. The van der Waals surface area contributed by atoms with Crippen molar-refractivity contribution in [3.63, 3.8) is 0 Å². The molecule has 0 saturated heterocycles. The van der Waals surface area contributed by atoms with Gasteiger partial charge in [-0.15, -0.1) is 0 Å². The lowest BCUT2D eigenvalue weighted by molar-refractivity contribution is 0.473. The maximum atomic E-state index is 12.5. The Hall–Kier alpha value is -1.61. The van der Waals surface area contributed by atoms with Gasteiger partial charge in [0.2, 0.25) is 0 Å². The minimum atomic E-state index is -1.12. The first-order valence-electron chi connectivity index (χ1n) is 5.49. The van der Waals surface area contributed by atoms with Gasteiger partial charge in [-0.25, -0.2) is 4.21 Å². The molecule has 2 nitrogen and oxygen atoms in total. The van der Waals surface area contributed by atoms with E-state index in [4.69, 9.17) is 0 Å². The molecule has 1 aliphatic heterocycles. The SMILES string of the molecule is Cc1cc(O)cc2c1S(=O)c1ccccc1C2. The number of aryl methyl sites for hydroxylation is 1. The van der Waals surface area contributed by atoms with Gasteiger partial charge >= 0.3 is 0 Å². The molecule has 1 heterocycles. The van der Waals surface area contributed by atoms with E-state index < -0.39 is 10.8 Å². The summed E-state index contributed by atoms with van der Waals surface area (Å²) in [6.07, 6.45) is 0.743. The molecule has 0 saturated carbocycles. The van der Waals surface area contributed by atoms with E-state index in [0.717, 1.165) is 32.9 Å². The van der Waals surface area contributed by atoms with E-state index in [9.17, 15) is 9.32 Å². The zero-order valence-electron chi connectivity index (χ0n) is 9.43. The van der Waals surface area contributed by atoms with Crippen molar-refractivity contribution < 1.29 is 9.32 Å². The Labute approximate surface area is 102 Å². The second-order valence-electron chi connectivity index (χ2n) is 4.30. The first kappa shape index (κ1) is 10.5. The Morgan fingerprint density at radius 2 is 1.94 bits per heavy atom. The number of fused-ring (bicyclic) bond motifs is 2. The fourth-order valence-electron chi connectivity index (χ4n) is 2.37. The van der Waals surface area contributed by atoms with Gasteiger partial charge in [-0.2, -0.15) is 0 Å². The molecule has 86 valence electrons. The number of benzene rings is 2. The van der Waals surface area contributed by atoms with Crippen molar-refractivity contribution in [3.8, 4) is 5.75 Å². The molecule has 0 aliphatic carbocycles. The summed E-state index contributed by atoms with van der Waals surface area (Å²) in [4.78, 5) is 1.76. The second-order valence-corrected chi connectivity index (χ2v) is 5.69. The van der Waals surface area contributed by atoms with E-state index in [1.807, 2.05) is 31.2 Å². The quantitative estimate of drug-likeness (QED) is 0.660.